The van der Waals surface area contributed by atoms with Gasteiger partial charge in [-0.3, -0.25) is 0 Å². The summed E-state index contributed by atoms with van der Waals surface area (Å²) < 4.78 is 115. The molecule has 0 aliphatic heterocycles. The Balaban J connectivity index is 3.32. The molecule has 0 fully saturated rings. The first-order valence-electron chi connectivity index (χ1n) is 5.80. The molecular weight excluding hydrogens is 327 g/mol. The van der Waals surface area contributed by atoms with Crippen molar-refractivity contribution in [2.45, 2.75) is 36.8 Å². The van der Waals surface area contributed by atoms with Crippen LogP contribution in [-0.4, -0.2) is 18.0 Å². The molecule has 1 aromatic carbocycles. The van der Waals surface area contributed by atoms with Crippen LogP contribution in [0, 0.1) is 6.92 Å². The van der Waals surface area contributed by atoms with Gasteiger partial charge in [0.15, 0.2) is 0 Å². The Kier molecular flexibility index (Phi) is 4.53. The second-order valence-corrected chi connectivity index (χ2v) is 4.74. The van der Waals surface area contributed by atoms with E-state index in [1.807, 2.05) is 0 Å². The lowest BCUT2D eigenvalue weighted by molar-refractivity contribution is -0.399. The monoisotopic (exact) mass is 337 g/mol. The highest BCUT2D eigenvalue weighted by molar-refractivity contribution is 5.30. The number of rotatable bonds is 4. The van der Waals surface area contributed by atoms with E-state index in [0.29, 0.717) is 17.7 Å². The molecule has 1 atom stereocenters. The van der Waals surface area contributed by atoms with Crippen molar-refractivity contribution in [1.29, 1.82) is 0 Å². The summed E-state index contributed by atoms with van der Waals surface area (Å²) in [7, 11) is 0. The van der Waals surface area contributed by atoms with Crippen LogP contribution in [0.2, 0.25) is 0 Å². The summed E-state index contributed by atoms with van der Waals surface area (Å²) in [5.41, 5.74) is -1.32. The van der Waals surface area contributed by atoms with Crippen LogP contribution >= 0.6 is 0 Å². The van der Waals surface area contributed by atoms with Crippen molar-refractivity contribution in [3.8, 4) is 0 Å². The van der Waals surface area contributed by atoms with Gasteiger partial charge >= 0.3 is 23.9 Å². The molecule has 0 bridgehead atoms. The van der Waals surface area contributed by atoms with Gasteiger partial charge in [0.1, 0.15) is 0 Å². The van der Waals surface area contributed by atoms with Crippen LogP contribution in [0.1, 0.15) is 24.0 Å². The Hall–Kier alpha value is -1.41. The smallest absolute Gasteiger partial charge is 0.194 e. The van der Waals surface area contributed by atoms with Gasteiger partial charge in [0.25, 0.3) is 0 Å². The van der Waals surface area contributed by atoms with Crippen LogP contribution in [-0.2, 0) is 5.92 Å². The van der Waals surface area contributed by atoms with E-state index in [0.717, 1.165) is 12.1 Å². The van der Waals surface area contributed by atoms with E-state index < -0.39 is 35.4 Å². The van der Waals surface area contributed by atoms with Crippen molar-refractivity contribution in [3.05, 3.63) is 42.3 Å². The Morgan fingerprint density at radius 3 is 1.50 bits per heavy atom. The zero-order chi connectivity index (χ0) is 17.6. The van der Waals surface area contributed by atoms with E-state index in [2.05, 4.69) is 6.92 Å². The van der Waals surface area contributed by atoms with Gasteiger partial charge in [0.2, 0.25) is 0 Å². The third-order valence-electron chi connectivity index (χ3n) is 2.99. The Morgan fingerprint density at radius 2 is 1.18 bits per heavy atom. The van der Waals surface area contributed by atoms with Crippen molar-refractivity contribution >= 4 is 0 Å². The Morgan fingerprint density at radius 1 is 0.773 bits per heavy atom. The normalized spacial score (nSPS) is 14.5. The van der Waals surface area contributed by atoms with Crippen molar-refractivity contribution in [3.63, 3.8) is 0 Å². The summed E-state index contributed by atoms with van der Waals surface area (Å²) >= 11 is 0. The van der Waals surface area contributed by atoms with Crippen LogP contribution in [0.5, 0.6) is 0 Å². The van der Waals surface area contributed by atoms with E-state index in [9.17, 15) is 39.5 Å². The van der Waals surface area contributed by atoms with Gasteiger partial charge in [0.05, 0.1) is 0 Å². The first-order valence-corrected chi connectivity index (χ1v) is 5.80. The molecule has 22 heavy (non-hydrogen) atoms. The molecule has 9 heteroatoms. The molecule has 1 aromatic rings. The SMILES string of the molecule is [CH2]C(C)c1ccc(C(F)(F)C(F)(F)C(F)(F)C(F)(F)F)cc1. The lowest BCUT2D eigenvalue weighted by Gasteiger charge is -2.33. The first-order chi connectivity index (χ1) is 9.66. The Labute approximate surface area is 119 Å². The van der Waals surface area contributed by atoms with E-state index in [1.54, 1.807) is 6.92 Å². The van der Waals surface area contributed by atoms with Crippen molar-refractivity contribution in [2.75, 3.05) is 0 Å². The molecule has 0 N–H and O–H groups in total. The molecule has 0 spiro atoms. The molecule has 0 heterocycles. The quantitative estimate of drug-likeness (QED) is 0.632. The van der Waals surface area contributed by atoms with Gasteiger partial charge in [-0.05, 0) is 18.4 Å². The number of alkyl halides is 9. The van der Waals surface area contributed by atoms with Gasteiger partial charge < -0.3 is 0 Å². The van der Waals surface area contributed by atoms with Gasteiger partial charge in [0, 0.05) is 5.56 Å². The molecule has 0 aliphatic carbocycles. The maximum atomic E-state index is 13.5. The summed E-state index contributed by atoms with van der Waals surface area (Å²) in [5, 5.41) is 0. The van der Waals surface area contributed by atoms with Gasteiger partial charge in [-0.25, -0.2) is 0 Å². The van der Waals surface area contributed by atoms with Gasteiger partial charge in [-0.2, -0.15) is 39.5 Å². The molecule has 0 nitrogen and oxygen atoms in total. The van der Waals surface area contributed by atoms with E-state index in [-0.39, 0.29) is 0 Å². The summed E-state index contributed by atoms with van der Waals surface area (Å²) in [6, 6.07) is 2.56. The van der Waals surface area contributed by atoms with Crippen LogP contribution in [0.4, 0.5) is 39.5 Å². The number of benzene rings is 1. The van der Waals surface area contributed by atoms with Crippen molar-refractivity contribution in [1.82, 2.24) is 0 Å². The fourth-order valence-corrected chi connectivity index (χ4v) is 1.58. The topological polar surface area (TPSA) is 0 Å². The first kappa shape index (κ1) is 18.6. The lowest BCUT2D eigenvalue weighted by Crippen LogP contribution is -2.59. The molecule has 125 valence electrons. The average molecular weight is 337 g/mol. The van der Waals surface area contributed by atoms with Crippen LogP contribution in [0.25, 0.3) is 0 Å². The molecule has 0 aromatic heterocycles. The molecule has 0 saturated carbocycles. The fourth-order valence-electron chi connectivity index (χ4n) is 1.58. The van der Waals surface area contributed by atoms with E-state index in [1.165, 1.54) is 0 Å². The third-order valence-corrected chi connectivity index (χ3v) is 2.99. The average Bonchev–Trinajstić information content (AvgIpc) is 2.37. The maximum absolute atomic E-state index is 13.5. The number of hydrogen-bond acceptors (Lipinski definition) is 0. The standard InChI is InChI=1S/C13H10F9/c1-7(2)8-3-5-9(6-4-8)10(14,15)11(16,17)12(18,19)13(20,21)22/h3-7H,1H2,2H3. The van der Waals surface area contributed by atoms with Crippen LogP contribution < -0.4 is 0 Å². The highest BCUT2D eigenvalue weighted by atomic mass is 19.4. The second-order valence-electron chi connectivity index (χ2n) is 4.74. The van der Waals surface area contributed by atoms with Gasteiger partial charge in [-0.15, -0.1) is 0 Å². The summed E-state index contributed by atoms with van der Waals surface area (Å²) in [6.07, 6.45) is -6.82. The predicted octanol–water partition coefficient (Wildman–Crippen LogP) is 5.55. The molecule has 1 rings (SSSR count). The van der Waals surface area contributed by atoms with Crippen LogP contribution in [0.3, 0.4) is 0 Å². The van der Waals surface area contributed by atoms with Gasteiger partial charge in [-0.1, -0.05) is 31.2 Å². The van der Waals surface area contributed by atoms with Crippen molar-refractivity contribution < 1.29 is 39.5 Å². The molecule has 1 radical (unpaired) electrons. The van der Waals surface area contributed by atoms with E-state index in [4.69, 9.17) is 0 Å². The van der Waals surface area contributed by atoms with Crippen LogP contribution in [0.15, 0.2) is 24.3 Å². The summed E-state index contributed by atoms with van der Waals surface area (Å²) in [6.45, 7) is 5.06. The van der Waals surface area contributed by atoms with E-state index >= 15 is 0 Å². The second kappa shape index (κ2) is 5.34. The highest BCUT2D eigenvalue weighted by Gasteiger charge is 2.81. The zero-order valence-corrected chi connectivity index (χ0v) is 11.0. The molecule has 1 unspecified atom stereocenters. The minimum absolute atomic E-state index is 0.324. The largest absolute Gasteiger partial charge is 0.460 e. The molecule has 0 saturated heterocycles. The minimum atomic E-state index is -6.89. The maximum Gasteiger partial charge on any atom is 0.460 e. The molecule has 0 amide bonds. The number of hydrogen-bond donors (Lipinski definition) is 0. The summed E-state index contributed by atoms with van der Waals surface area (Å²) in [4.78, 5) is 0. The number of halogens is 9. The van der Waals surface area contributed by atoms with Crippen molar-refractivity contribution in [2.24, 2.45) is 0 Å². The zero-order valence-electron chi connectivity index (χ0n) is 11.0. The third kappa shape index (κ3) is 2.77. The molecule has 0 aliphatic rings. The predicted molar refractivity (Wildman–Crippen MR) is 60.1 cm³/mol. The minimum Gasteiger partial charge on any atom is -0.194 e. The lowest BCUT2D eigenvalue weighted by atomic mass is 9.94. The fraction of sp³-hybridized carbons (Fsp3) is 0.462. The highest BCUT2D eigenvalue weighted by Crippen LogP contribution is 2.56. The Bertz CT molecular complexity index is 511. The summed E-state index contributed by atoms with van der Waals surface area (Å²) in [5.74, 6) is -19.7. The molecular formula is C13H10F9.